The van der Waals surface area contributed by atoms with Crippen LogP contribution in [0.15, 0.2) is 59.0 Å². The Bertz CT molecular complexity index is 1080. The second-order valence-corrected chi connectivity index (χ2v) is 8.89. The van der Waals surface area contributed by atoms with Gasteiger partial charge in [-0.05, 0) is 61.4 Å². The van der Waals surface area contributed by atoms with E-state index in [4.69, 9.17) is 9.15 Å². The van der Waals surface area contributed by atoms with Gasteiger partial charge in [0, 0.05) is 17.5 Å². The first-order valence-electron chi connectivity index (χ1n) is 11.3. The van der Waals surface area contributed by atoms with Crippen LogP contribution in [0.25, 0.3) is 22.9 Å². The number of rotatable bonds is 6. The van der Waals surface area contributed by atoms with Gasteiger partial charge in [0.2, 0.25) is 11.8 Å². The number of aryl methyl sites for hydroxylation is 1. The Kier molecular flexibility index (Phi) is 5.60. The Balaban J connectivity index is 1.29. The van der Waals surface area contributed by atoms with Gasteiger partial charge in [0.05, 0.1) is 0 Å². The van der Waals surface area contributed by atoms with E-state index >= 15 is 0 Å². The van der Waals surface area contributed by atoms with E-state index in [-0.39, 0.29) is 24.1 Å². The molecule has 0 bridgehead atoms. The molecule has 6 heteroatoms. The summed E-state index contributed by atoms with van der Waals surface area (Å²) in [4.78, 5) is 24.3. The van der Waals surface area contributed by atoms with E-state index in [0.717, 1.165) is 48.8 Å². The Morgan fingerprint density at radius 2 is 1.53 bits per heavy atom. The quantitative estimate of drug-likeness (QED) is 0.396. The number of cyclic esters (lactones) is 1. The molecule has 1 aliphatic heterocycles. The first-order valence-corrected chi connectivity index (χ1v) is 11.3. The van der Waals surface area contributed by atoms with Gasteiger partial charge in [0.15, 0.2) is 0 Å². The summed E-state index contributed by atoms with van der Waals surface area (Å²) in [5.74, 6) is 0.893. The molecule has 1 saturated carbocycles. The van der Waals surface area contributed by atoms with Gasteiger partial charge in [-0.3, -0.25) is 9.59 Å². The Hall–Kier alpha value is -3.28. The molecule has 3 aromatic rings. The number of aromatic nitrogens is 2. The molecular weight excluding hydrogens is 404 g/mol. The van der Waals surface area contributed by atoms with E-state index in [9.17, 15) is 9.59 Å². The number of benzene rings is 2. The fourth-order valence-corrected chi connectivity index (χ4v) is 5.09. The van der Waals surface area contributed by atoms with E-state index in [2.05, 4.69) is 10.2 Å². The molecule has 2 fully saturated rings. The molecule has 0 amide bonds. The lowest BCUT2D eigenvalue weighted by Crippen LogP contribution is -2.48. The normalized spacial score (nSPS) is 21.6. The minimum absolute atomic E-state index is 0.00844. The van der Waals surface area contributed by atoms with Gasteiger partial charge in [0.1, 0.15) is 17.8 Å². The summed E-state index contributed by atoms with van der Waals surface area (Å²) in [6.07, 6.45) is 6.03. The lowest BCUT2D eigenvalue weighted by molar-refractivity contribution is -0.178. The zero-order valence-electron chi connectivity index (χ0n) is 18.0. The third kappa shape index (κ3) is 4.22. The molecule has 2 aliphatic rings. The van der Waals surface area contributed by atoms with Gasteiger partial charge >= 0.3 is 5.97 Å². The first kappa shape index (κ1) is 20.6. The fourth-order valence-electron chi connectivity index (χ4n) is 5.09. The third-order valence-corrected chi connectivity index (χ3v) is 6.74. The molecule has 0 N–H and O–H groups in total. The highest BCUT2D eigenvalue weighted by Gasteiger charge is 2.47. The third-order valence-electron chi connectivity index (χ3n) is 6.74. The van der Waals surface area contributed by atoms with Crippen LogP contribution in [-0.4, -0.2) is 27.6 Å². The predicted octanol–water partition coefficient (Wildman–Crippen LogP) is 5.17. The van der Waals surface area contributed by atoms with Crippen molar-refractivity contribution in [1.82, 2.24) is 10.2 Å². The minimum atomic E-state index is -0.640. The van der Waals surface area contributed by atoms with Crippen LogP contribution in [0, 0.1) is 5.92 Å². The number of carbonyl (C=O) groups excluding carboxylic acids is 2. The van der Waals surface area contributed by atoms with E-state index in [1.54, 1.807) is 0 Å². The molecule has 164 valence electrons. The lowest BCUT2D eigenvalue weighted by atomic mass is 9.76. The smallest absolute Gasteiger partial charge is 0.313 e. The van der Waals surface area contributed by atoms with Gasteiger partial charge in [0.25, 0.3) is 0 Å². The number of ketones is 1. The SMILES string of the molecule is O=C1CC(=O)OC(CCc2ccc(-c3nnc(-c4ccccc4)o3)cc2)(C2CCCC2)C1. The Morgan fingerprint density at radius 3 is 2.19 bits per heavy atom. The van der Waals surface area contributed by atoms with E-state index in [0.29, 0.717) is 24.6 Å². The molecule has 1 aliphatic carbocycles. The van der Waals surface area contributed by atoms with Crippen LogP contribution < -0.4 is 0 Å². The molecule has 1 unspecified atom stereocenters. The highest BCUT2D eigenvalue weighted by molar-refractivity contribution is 5.98. The molecule has 0 radical (unpaired) electrons. The Labute approximate surface area is 187 Å². The average molecular weight is 431 g/mol. The molecule has 1 aromatic heterocycles. The van der Waals surface area contributed by atoms with Gasteiger partial charge in [-0.25, -0.2) is 0 Å². The van der Waals surface area contributed by atoms with Crippen molar-refractivity contribution >= 4 is 11.8 Å². The van der Waals surface area contributed by atoms with Crippen LogP contribution in [0.5, 0.6) is 0 Å². The minimum Gasteiger partial charge on any atom is -0.458 e. The summed E-state index contributed by atoms with van der Waals surface area (Å²) >= 11 is 0. The molecular formula is C26H26N2O4. The van der Waals surface area contributed by atoms with Crippen LogP contribution in [0.2, 0.25) is 0 Å². The summed E-state index contributed by atoms with van der Waals surface area (Å²) < 4.78 is 11.7. The molecule has 6 nitrogen and oxygen atoms in total. The standard InChI is InChI=1S/C26H26N2O4/c29-22-16-23(30)32-26(17-22,21-8-4-5-9-21)15-14-18-10-12-20(13-11-18)25-28-27-24(31-25)19-6-2-1-3-7-19/h1-3,6-7,10-13,21H,4-5,8-9,14-17H2. The van der Waals surface area contributed by atoms with Crippen molar-refractivity contribution in [1.29, 1.82) is 0 Å². The van der Waals surface area contributed by atoms with E-state index in [1.807, 2.05) is 54.6 Å². The van der Waals surface area contributed by atoms with Crippen molar-refractivity contribution in [3.63, 3.8) is 0 Å². The number of hydrogen-bond acceptors (Lipinski definition) is 6. The maximum Gasteiger partial charge on any atom is 0.313 e. The maximum atomic E-state index is 12.2. The molecule has 1 atom stereocenters. The second-order valence-electron chi connectivity index (χ2n) is 8.89. The van der Waals surface area contributed by atoms with Gasteiger partial charge in [-0.1, -0.05) is 43.2 Å². The van der Waals surface area contributed by atoms with E-state index < -0.39 is 5.60 Å². The van der Waals surface area contributed by atoms with Gasteiger partial charge < -0.3 is 9.15 Å². The Morgan fingerprint density at radius 1 is 0.875 bits per heavy atom. The highest BCUT2D eigenvalue weighted by atomic mass is 16.6. The number of hydrogen-bond donors (Lipinski definition) is 0. The number of ether oxygens (including phenoxy) is 1. The van der Waals surface area contributed by atoms with Gasteiger partial charge in [-0.2, -0.15) is 0 Å². The topological polar surface area (TPSA) is 82.3 Å². The monoisotopic (exact) mass is 430 g/mol. The van der Waals surface area contributed by atoms with Crippen molar-refractivity contribution in [2.45, 2.75) is 57.0 Å². The number of nitrogens with zero attached hydrogens (tertiary/aromatic N) is 2. The average Bonchev–Trinajstić information content (AvgIpc) is 3.51. The van der Waals surface area contributed by atoms with Crippen molar-refractivity contribution in [3.8, 4) is 22.9 Å². The molecule has 0 spiro atoms. The molecule has 32 heavy (non-hydrogen) atoms. The van der Waals surface area contributed by atoms with Crippen LogP contribution in [0.4, 0.5) is 0 Å². The number of Topliss-reactive ketones (excluding diaryl/α,β-unsaturated/α-hetero) is 1. The van der Waals surface area contributed by atoms with Crippen LogP contribution in [-0.2, 0) is 20.7 Å². The van der Waals surface area contributed by atoms with Crippen molar-refractivity contribution in [2.24, 2.45) is 5.92 Å². The summed E-state index contributed by atoms with van der Waals surface area (Å²) in [5.41, 5.74) is 2.23. The van der Waals surface area contributed by atoms with E-state index in [1.165, 1.54) is 0 Å². The molecule has 1 saturated heterocycles. The van der Waals surface area contributed by atoms with Gasteiger partial charge in [-0.15, -0.1) is 10.2 Å². The number of esters is 1. The molecule has 2 heterocycles. The second kappa shape index (κ2) is 8.69. The maximum absolute atomic E-state index is 12.2. The summed E-state index contributed by atoms with van der Waals surface area (Å²) in [6, 6.07) is 17.7. The number of carbonyl (C=O) groups is 2. The highest BCUT2D eigenvalue weighted by Crippen LogP contribution is 2.44. The van der Waals surface area contributed by atoms with Crippen LogP contribution in [0.1, 0.15) is 50.5 Å². The lowest BCUT2D eigenvalue weighted by Gasteiger charge is -2.41. The van der Waals surface area contributed by atoms with Crippen molar-refractivity contribution in [3.05, 3.63) is 60.2 Å². The molecule has 5 rings (SSSR count). The molecule has 2 aromatic carbocycles. The summed E-state index contributed by atoms with van der Waals surface area (Å²) in [7, 11) is 0. The zero-order valence-corrected chi connectivity index (χ0v) is 18.0. The van der Waals surface area contributed by atoms with Crippen molar-refractivity contribution in [2.75, 3.05) is 0 Å². The van der Waals surface area contributed by atoms with Crippen LogP contribution >= 0.6 is 0 Å². The van der Waals surface area contributed by atoms with Crippen LogP contribution in [0.3, 0.4) is 0 Å². The predicted molar refractivity (Wildman–Crippen MR) is 119 cm³/mol. The van der Waals surface area contributed by atoms with Crippen molar-refractivity contribution < 1.29 is 18.7 Å². The summed E-state index contributed by atoms with van der Waals surface area (Å²) in [5, 5.41) is 8.33. The largest absolute Gasteiger partial charge is 0.458 e. The fraction of sp³-hybridized carbons (Fsp3) is 0.385. The zero-order chi connectivity index (χ0) is 22.0. The summed E-state index contributed by atoms with van der Waals surface area (Å²) in [6.45, 7) is 0. The first-order chi connectivity index (χ1) is 15.6.